The summed E-state index contributed by atoms with van der Waals surface area (Å²) in [6.45, 7) is 7.23. The molecule has 0 bridgehead atoms. The maximum atomic E-state index is 3.67. The molecule has 1 N–H and O–H groups in total. The van der Waals surface area contributed by atoms with E-state index in [9.17, 15) is 0 Å². The first-order valence-electron chi connectivity index (χ1n) is 8.28. The van der Waals surface area contributed by atoms with Gasteiger partial charge in [0.2, 0.25) is 0 Å². The van der Waals surface area contributed by atoms with Crippen LogP contribution in [0, 0.1) is 5.92 Å². The van der Waals surface area contributed by atoms with Gasteiger partial charge in [0.1, 0.15) is 0 Å². The summed E-state index contributed by atoms with van der Waals surface area (Å²) >= 11 is 0. The highest BCUT2D eigenvalue weighted by molar-refractivity contribution is 4.87. The zero-order valence-corrected chi connectivity index (χ0v) is 13.2. The smallest absolute Gasteiger partial charge is 0.0350 e. The second kappa shape index (κ2) is 7.61. The third-order valence-corrected chi connectivity index (χ3v) is 4.73. The van der Waals surface area contributed by atoms with Crippen molar-refractivity contribution in [3.63, 3.8) is 0 Å². The second-order valence-corrected chi connectivity index (χ2v) is 7.02. The van der Waals surface area contributed by atoms with Gasteiger partial charge < -0.3 is 10.2 Å². The molecule has 0 spiro atoms. The van der Waals surface area contributed by atoms with E-state index >= 15 is 0 Å². The first-order valence-corrected chi connectivity index (χ1v) is 8.28. The van der Waals surface area contributed by atoms with E-state index in [-0.39, 0.29) is 0 Å². The van der Waals surface area contributed by atoms with Crippen molar-refractivity contribution in [3.8, 4) is 0 Å². The molecule has 2 unspecified atom stereocenters. The fourth-order valence-electron chi connectivity index (χ4n) is 3.81. The minimum Gasteiger partial charge on any atom is -0.315 e. The van der Waals surface area contributed by atoms with Crippen LogP contribution in [0.5, 0.6) is 0 Å². The Labute approximate surface area is 119 Å². The summed E-state index contributed by atoms with van der Waals surface area (Å²) in [5.74, 6) is 0.787. The van der Waals surface area contributed by atoms with E-state index in [0.29, 0.717) is 6.04 Å². The lowest BCUT2D eigenvalue weighted by Crippen LogP contribution is -2.50. The largest absolute Gasteiger partial charge is 0.315 e. The zero-order valence-electron chi connectivity index (χ0n) is 13.2. The second-order valence-electron chi connectivity index (χ2n) is 7.02. The summed E-state index contributed by atoms with van der Waals surface area (Å²) in [5.41, 5.74) is 0. The molecule has 1 saturated heterocycles. The van der Waals surface area contributed by atoms with Crippen LogP contribution in [-0.4, -0.2) is 62.2 Å². The highest BCUT2D eigenvalue weighted by atomic mass is 15.3. The minimum absolute atomic E-state index is 0.697. The van der Waals surface area contributed by atoms with Crippen LogP contribution in [0.1, 0.15) is 45.4 Å². The fourth-order valence-corrected chi connectivity index (χ4v) is 3.81. The van der Waals surface area contributed by atoms with Gasteiger partial charge >= 0.3 is 0 Å². The molecule has 3 heteroatoms. The number of nitrogens with one attached hydrogen (secondary N) is 1. The van der Waals surface area contributed by atoms with Gasteiger partial charge in [-0.25, -0.2) is 0 Å². The molecule has 2 atom stereocenters. The van der Waals surface area contributed by atoms with Crippen LogP contribution in [0.4, 0.5) is 0 Å². The van der Waals surface area contributed by atoms with E-state index in [1.165, 1.54) is 64.7 Å². The third-order valence-electron chi connectivity index (χ3n) is 4.73. The summed E-state index contributed by atoms with van der Waals surface area (Å²) in [7, 11) is 4.42. The lowest BCUT2D eigenvalue weighted by Gasteiger charge is -2.38. The molecule has 1 saturated carbocycles. The predicted octanol–water partition coefficient (Wildman–Crippen LogP) is 2.18. The first kappa shape index (κ1) is 15.3. The predicted molar refractivity (Wildman–Crippen MR) is 82.6 cm³/mol. The van der Waals surface area contributed by atoms with Gasteiger partial charge in [-0.15, -0.1) is 0 Å². The van der Waals surface area contributed by atoms with Gasteiger partial charge in [0, 0.05) is 31.7 Å². The van der Waals surface area contributed by atoms with Crippen LogP contribution in [0.15, 0.2) is 0 Å². The topological polar surface area (TPSA) is 18.5 Å². The van der Waals surface area contributed by atoms with Crippen molar-refractivity contribution in [3.05, 3.63) is 0 Å². The molecule has 3 nitrogen and oxygen atoms in total. The van der Waals surface area contributed by atoms with Crippen LogP contribution in [0.2, 0.25) is 0 Å². The molecular formula is C16H33N3. The molecule has 2 rings (SSSR count). The van der Waals surface area contributed by atoms with E-state index in [2.05, 4.69) is 36.1 Å². The number of nitrogens with zero attached hydrogens (tertiary/aromatic N) is 2. The monoisotopic (exact) mass is 267 g/mol. The first-order chi connectivity index (χ1) is 9.16. The number of likely N-dealkylation sites (N-methyl/N-ethyl adjacent to an activating group) is 1. The number of hydrogen-bond donors (Lipinski definition) is 1. The normalized spacial score (nSPS) is 32.2. The highest BCUT2D eigenvalue weighted by Crippen LogP contribution is 2.25. The highest BCUT2D eigenvalue weighted by Gasteiger charge is 2.30. The third kappa shape index (κ3) is 4.73. The molecule has 112 valence electrons. The summed E-state index contributed by atoms with van der Waals surface area (Å²) in [4.78, 5) is 5.21. The fraction of sp³-hybridized carbons (Fsp3) is 1.00. The molecule has 0 radical (unpaired) electrons. The van der Waals surface area contributed by atoms with Gasteiger partial charge in [-0.2, -0.15) is 0 Å². The van der Waals surface area contributed by atoms with Crippen LogP contribution in [0.25, 0.3) is 0 Å². The SMILES string of the molecule is CC1CNCC(CN(C)C)N(C2CCCCCC2)C1. The van der Waals surface area contributed by atoms with E-state index in [1.54, 1.807) is 0 Å². The van der Waals surface area contributed by atoms with Crippen molar-refractivity contribution < 1.29 is 0 Å². The molecule has 2 fully saturated rings. The van der Waals surface area contributed by atoms with Gasteiger partial charge in [-0.1, -0.05) is 32.6 Å². The average Bonchev–Trinajstić information content (AvgIpc) is 2.70. The lowest BCUT2D eigenvalue weighted by molar-refractivity contribution is 0.0991. The molecule has 1 heterocycles. The van der Waals surface area contributed by atoms with E-state index < -0.39 is 0 Å². The van der Waals surface area contributed by atoms with Crippen molar-refractivity contribution in [1.82, 2.24) is 15.1 Å². The molecule has 0 amide bonds. The average molecular weight is 267 g/mol. The minimum atomic E-state index is 0.697. The van der Waals surface area contributed by atoms with Gasteiger partial charge in [-0.3, -0.25) is 4.90 Å². The Hall–Kier alpha value is -0.120. The Morgan fingerprint density at radius 2 is 1.74 bits per heavy atom. The van der Waals surface area contributed by atoms with Gasteiger partial charge in [0.15, 0.2) is 0 Å². The maximum absolute atomic E-state index is 3.67. The Morgan fingerprint density at radius 1 is 1.05 bits per heavy atom. The Bertz CT molecular complexity index is 246. The van der Waals surface area contributed by atoms with Crippen LogP contribution >= 0.6 is 0 Å². The van der Waals surface area contributed by atoms with Crippen LogP contribution in [0.3, 0.4) is 0 Å². The number of hydrogen-bond acceptors (Lipinski definition) is 3. The molecular weight excluding hydrogens is 234 g/mol. The molecule has 1 aliphatic heterocycles. The summed E-state index contributed by atoms with van der Waals surface area (Å²) in [6.07, 6.45) is 8.65. The molecule has 2 aliphatic rings. The summed E-state index contributed by atoms with van der Waals surface area (Å²) in [5, 5.41) is 3.67. The van der Waals surface area contributed by atoms with Crippen molar-refractivity contribution in [2.45, 2.75) is 57.5 Å². The lowest BCUT2D eigenvalue weighted by atomic mass is 10.0. The van der Waals surface area contributed by atoms with E-state index in [4.69, 9.17) is 0 Å². The quantitative estimate of drug-likeness (QED) is 0.791. The maximum Gasteiger partial charge on any atom is 0.0350 e. The van der Waals surface area contributed by atoms with Crippen molar-refractivity contribution >= 4 is 0 Å². The molecule has 0 aromatic rings. The van der Waals surface area contributed by atoms with Crippen molar-refractivity contribution in [1.29, 1.82) is 0 Å². The van der Waals surface area contributed by atoms with Crippen molar-refractivity contribution in [2.24, 2.45) is 5.92 Å². The van der Waals surface area contributed by atoms with E-state index in [1.807, 2.05) is 0 Å². The Kier molecular flexibility index (Phi) is 6.11. The molecule has 0 aromatic carbocycles. The van der Waals surface area contributed by atoms with Gasteiger partial charge in [-0.05, 0) is 39.4 Å². The van der Waals surface area contributed by atoms with Gasteiger partial charge in [0.25, 0.3) is 0 Å². The molecule has 1 aliphatic carbocycles. The molecule has 19 heavy (non-hydrogen) atoms. The molecule has 0 aromatic heterocycles. The summed E-state index contributed by atoms with van der Waals surface area (Å²) in [6, 6.07) is 1.54. The van der Waals surface area contributed by atoms with Gasteiger partial charge in [0.05, 0.1) is 0 Å². The van der Waals surface area contributed by atoms with Crippen LogP contribution in [-0.2, 0) is 0 Å². The standard InChI is InChI=1S/C16H33N3/c1-14-10-17-11-16(13-18(2)3)19(12-14)15-8-6-4-5-7-9-15/h14-17H,4-13H2,1-3H3. The van der Waals surface area contributed by atoms with Crippen molar-refractivity contribution in [2.75, 3.05) is 40.3 Å². The zero-order chi connectivity index (χ0) is 13.7. The summed E-state index contributed by atoms with van der Waals surface area (Å²) < 4.78 is 0. The van der Waals surface area contributed by atoms with E-state index in [0.717, 1.165) is 12.0 Å². The Morgan fingerprint density at radius 3 is 2.37 bits per heavy atom. The number of rotatable bonds is 3. The Balaban J connectivity index is 2.04. The van der Waals surface area contributed by atoms with Crippen LogP contribution < -0.4 is 5.32 Å².